The van der Waals surface area contributed by atoms with Crippen LogP contribution in [0.4, 0.5) is 0 Å². The van der Waals surface area contributed by atoms with Crippen LogP contribution in [0.5, 0.6) is 0 Å². The van der Waals surface area contributed by atoms with Gasteiger partial charge in [-0.3, -0.25) is 4.79 Å². The van der Waals surface area contributed by atoms with E-state index in [2.05, 4.69) is 35.1 Å². The van der Waals surface area contributed by atoms with E-state index < -0.39 is 9.84 Å². The zero-order valence-electron chi connectivity index (χ0n) is 11.0. The van der Waals surface area contributed by atoms with Crippen LogP contribution in [-0.4, -0.2) is 37.2 Å². The van der Waals surface area contributed by atoms with Crippen molar-refractivity contribution in [1.29, 1.82) is 0 Å². The topological polar surface area (TPSA) is 63.2 Å². The fraction of sp³-hybridized carbons (Fsp3) is 0.917. The molecule has 0 saturated carbocycles. The highest BCUT2D eigenvalue weighted by molar-refractivity contribution is 9.09. The summed E-state index contributed by atoms with van der Waals surface area (Å²) in [4.78, 5) is 12.1. The summed E-state index contributed by atoms with van der Waals surface area (Å²) in [5, 5.41) is 2.86. The first-order valence-electron chi connectivity index (χ1n) is 6.51. The fourth-order valence-electron chi connectivity index (χ4n) is 2.31. The average molecular weight is 340 g/mol. The van der Waals surface area contributed by atoms with Crippen molar-refractivity contribution >= 4 is 31.7 Å². The Hall–Kier alpha value is -0.100. The number of halogens is 1. The Labute approximate surface area is 118 Å². The highest BCUT2D eigenvalue weighted by atomic mass is 79.9. The molecule has 0 spiro atoms. The Bertz CT molecular complexity index is 379. The van der Waals surface area contributed by atoms with Crippen LogP contribution >= 0.6 is 15.9 Å². The predicted molar refractivity (Wildman–Crippen MR) is 76.6 cm³/mol. The van der Waals surface area contributed by atoms with Crippen LogP contribution in [0.2, 0.25) is 0 Å². The predicted octanol–water partition coefficient (Wildman–Crippen LogP) is 1.74. The van der Waals surface area contributed by atoms with Crippen molar-refractivity contribution in [3.63, 3.8) is 0 Å². The maximum absolute atomic E-state index is 11.8. The summed E-state index contributed by atoms with van der Waals surface area (Å²) in [5.41, 5.74) is 0. The third kappa shape index (κ3) is 4.53. The molecule has 1 aliphatic heterocycles. The molecule has 1 heterocycles. The highest BCUT2D eigenvalue weighted by Gasteiger charge is 2.33. The molecule has 0 bridgehead atoms. The first kappa shape index (κ1) is 16.0. The summed E-state index contributed by atoms with van der Waals surface area (Å²) < 4.78 is 22.6. The fourth-order valence-corrected chi connectivity index (χ4v) is 4.96. The van der Waals surface area contributed by atoms with Gasteiger partial charge in [0.1, 0.15) is 0 Å². The van der Waals surface area contributed by atoms with Gasteiger partial charge in [-0.1, -0.05) is 42.6 Å². The summed E-state index contributed by atoms with van der Waals surface area (Å²) >= 11 is 3.59. The molecule has 4 nitrogen and oxygen atoms in total. The minimum absolute atomic E-state index is 0.0107. The van der Waals surface area contributed by atoms with Gasteiger partial charge in [-0.05, 0) is 12.3 Å². The van der Waals surface area contributed by atoms with E-state index in [-0.39, 0.29) is 28.2 Å². The lowest BCUT2D eigenvalue weighted by molar-refractivity contribution is -0.124. The van der Waals surface area contributed by atoms with E-state index >= 15 is 0 Å². The Morgan fingerprint density at radius 3 is 2.44 bits per heavy atom. The normalized spacial score (nSPS) is 24.1. The number of sulfone groups is 1. The van der Waals surface area contributed by atoms with E-state index in [0.29, 0.717) is 18.9 Å². The number of alkyl halides is 1. The van der Waals surface area contributed by atoms with Gasteiger partial charge in [0.05, 0.1) is 17.4 Å². The lowest BCUT2D eigenvalue weighted by Gasteiger charge is -2.20. The van der Waals surface area contributed by atoms with Crippen molar-refractivity contribution in [2.24, 2.45) is 11.8 Å². The Morgan fingerprint density at radius 2 is 2.00 bits per heavy atom. The standard InChI is InChI=1S/C12H22BrNO3S/c1-3-9(4-2)11(13)7-14-12(15)10-5-6-18(16,17)8-10/h9-11H,3-8H2,1-2H3,(H,14,15). The summed E-state index contributed by atoms with van der Waals surface area (Å²) in [6, 6.07) is 0. The Morgan fingerprint density at radius 1 is 1.39 bits per heavy atom. The molecular weight excluding hydrogens is 318 g/mol. The van der Waals surface area contributed by atoms with Crippen LogP contribution in [0.15, 0.2) is 0 Å². The van der Waals surface area contributed by atoms with Crippen LogP contribution in [-0.2, 0) is 14.6 Å². The zero-order chi connectivity index (χ0) is 13.8. The van der Waals surface area contributed by atoms with E-state index in [4.69, 9.17) is 0 Å². The quantitative estimate of drug-likeness (QED) is 0.749. The van der Waals surface area contributed by atoms with Gasteiger partial charge in [0.15, 0.2) is 9.84 Å². The van der Waals surface area contributed by atoms with Crippen molar-refractivity contribution in [3.05, 3.63) is 0 Å². The average Bonchev–Trinajstić information content (AvgIpc) is 2.68. The first-order valence-corrected chi connectivity index (χ1v) is 9.25. The molecule has 2 unspecified atom stereocenters. The number of carbonyl (C=O) groups excluding carboxylic acids is 1. The molecule has 1 saturated heterocycles. The molecule has 1 rings (SSSR count). The monoisotopic (exact) mass is 339 g/mol. The van der Waals surface area contributed by atoms with Gasteiger partial charge < -0.3 is 5.32 Å². The maximum Gasteiger partial charge on any atom is 0.224 e. The number of hydrogen-bond donors (Lipinski definition) is 1. The van der Waals surface area contributed by atoms with Gasteiger partial charge in [0.2, 0.25) is 5.91 Å². The van der Waals surface area contributed by atoms with Crippen LogP contribution < -0.4 is 5.32 Å². The van der Waals surface area contributed by atoms with Gasteiger partial charge in [-0.15, -0.1) is 0 Å². The van der Waals surface area contributed by atoms with Crippen molar-refractivity contribution in [3.8, 4) is 0 Å². The van der Waals surface area contributed by atoms with E-state index in [9.17, 15) is 13.2 Å². The zero-order valence-corrected chi connectivity index (χ0v) is 13.4. The lowest BCUT2D eigenvalue weighted by atomic mass is 9.99. The van der Waals surface area contributed by atoms with E-state index in [1.54, 1.807) is 0 Å². The third-order valence-electron chi connectivity index (χ3n) is 3.63. The number of nitrogens with one attached hydrogen (secondary N) is 1. The minimum atomic E-state index is -2.98. The summed E-state index contributed by atoms with van der Waals surface area (Å²) in [6.07, 6.45) is 2.60. The Balaban J connectivity index is 2.38. The van der Waals surface area contributed by atoms with Gasteiger partial charge in [0.25, 0.3) is 0 Å². The van der Waals surface area contributed by atoms with Crippen molar-refractivity contribution < 1.29 is 13.2 Å². The molecule has 0 radical (unpaired) electrons. The number of amides is 1. The second kappa shape index (κ2) is 6.89. The molecule has 18 heavy (non-hydrogen) atoms. The molecule has 0 aromatic carbocycles. The molecule has 1 aliphatic rings. The molecule has 1 fully saturated rings. The molecule has 0 aromatic rings. The largest absolute Gasteiger partial charge is 0.355 e. The summed E-state index contributed by atoms with van der Waals surface area (Å²) in [6.45, 7) is 4.84. The third-order valence-corrected chi connectivity index (χ3v) is 6.47. The second-order valence-electron chi connectivity index (χ2n) is 4.94. The number of rotatable bonds is 6. The Kier molecular flexibility index (Phi) is 6.11. The second-order valence-corrected chi connectivity index (χ2v) is 8.34. The molecular formula is C12H22BrNO3S. The van der Waals surface area contributed by atoms with Crippen molar-refractivity contribution in [2.75, 3.05) is 18.1 Å². The van der Waals surface area contributed by atoms with E-state index in [1.165, 1.54) is 0 Å². The van der Waals surface area contributed by atoms with Crippen LogP contribution in [0.25, 0.3) is 0 Å². The van der Waals surface area contributed by atoms with Gasteiger partial charge in [-0.25, -0.2) is 8.42 Å². The molecule has 106 valence electrons. The summed E-state index contributed by atoms with van der Waals surface area (Å²) in [7, 11) is -2.98. The van der Waals surface area contributed by atoms with Crippen LogP contribution in [0.3, 0.4) is 0 Å². The molecule has 1 N–H and O–H groups in total. The smallest absolute Gasteiger partial charge is 0.224 e. The van der Waals surface area contributed by atoms with Gasteiger partial charge in [0, 0.05) is 11.4 Å². The molecule has 6 heteroatoms. The molecule has 2 atom stereocenters. The molecule has 0 aromatic heterocycles. The SMILES string of the molecule is CCC(CC)C(Br)CNC(=O)C1CCS(=O)(=O)C1. The highest BCUT2D eigenvalue weighted by Crippen LogP contribution is 2.21. The molecule has 0 aliphatic carbocycles. The number of carbonyl (C=O) groups is 1. The van der Waals surface area contributed by atoms with Gasteiger partial charge >= 0.3 is 0 Å². The van der Waals surface area contributed by atoms with E-state index in [1.807, 2.05) is 0 Å². The van der Waals surface area contributed by atoms with Crippen LogP contribution in [0.1, 0.15) is 33.1 Å². The van der Waals surface area contributed by atoms with Gasteiger partial charge in [-0.2, -0.15) is 0 Å². The van der Waals surface area contributed by atoms with Crippen molar-refractivity contribution in [1.82, 2.24) is 5.32 Å². The number of hydrogen-bond acceptors (Lipinski definition) is 3. The lowest BCUT2D eigenvalue weighted by Crippen LogP contribution is -2.37. The summed E-state index contributed by atoms with van der Waals surface area (Å²) in [5.74, 6) is 0.229. The van der Waals surface area contributed by atoms with Crippen LogP contribution in [0, 0.1) is 11.8 Å². The first-order chi connectivity index (χ1) is 8.39. The molecule has 1 amide bonds. The maximum atomic E-state index is 11.8. The minimum Gasteiger partial charge on any atom is -0.355 e. The van der Waals surface area contributed by atoms with E-state index in [0.717, 1.165) is 12.8 Å². The van der Waals surface area contributed by atoms with Crippen molar-refractivity contribution in [2.45, 2.75) is 37.9 Å².